The lowest BCUT2D eigenvalue weighted by atomic mass is 10.0. The Labute approximate surface area is 240 Å². The van der Waals surface area contributed by atoms with Crippen LogP contribution in [0.5, 0.6) is 5.75 Å². The Balaban J connectivity index is 0.000000482. The van der Waals surface area contributed by atoms with Crippen molar-refractivity contribution in [2.75, 3.05) is 47.0 Å². The van der Waals surface area contributed by atoms with E-state index < -0.39 is 11.9 Å². The third-order valence-electron chi connectivity index (χ3n) is 6.80. The van der Waals surface area contributed by atoms with Crippen molar-refractivity contribution in [3.8, 4) is 5.75 Å². The lowest BCUT2D eigenvalue weighted by molar-refractivity contribution is -0.134. The van der Waals surface area contributed by atoms with Gasteiger partial charge >= 0.3 is 11.9 Å². The van der Waals surface area contributed by atoms with E-state index in [-0.39, 0.29) is 0 Å². The topological polar surface area (TPSA) is 112 Å². The van der Waals surface area contributed by atoms with E-state index in [9.17, 15) is 9.59 Å². The van der Waals surface area contributed by atoms with Gasteiger partial charge in [0.25, 0.3) is 0 Å². The molecule has 2 heterocycles. The number of benzene rings is 2. The Kier molecular flexibility index (Phi) is 13.0. The number of methoxy groups -OCH3 is 1. The van der Waals surface area contributed by atoms with Crippen LogP contribution in [0.1, 0.15) is 30.4 Å². The molecule has 216 valence electrons. The zero-order valence-electron chi connectivity index (χ0n) is 23.2. The van der Waals surface area contributed by atoms with Crippen LogP contribution in [-0.4, -0.2) is 90.2 Å². The SMILES string of the molecule is COc1ccc(CCOCCCN2CCC(N(C)C3=Nc4ccccc4CS3)CC2)cc1.O=C(O)/C=C/C(=O)O. The highest BCUT2D eigenvalue weighted by Gasteiger charge is 2.26. The van der Waals surface area contributed by atoms with Crippen molar-refractivity contribution in [1.29, 1.82) is 0 Å². The smallest absolute Gasteiger partial charge is 0.328 e. The average molecular weight is 570 g/mol. The van der Waals surface area contributed by atoms with Gasteiger partial charge in [-0.1, -0.05) is 42.1 Å². The van der Waals surface area contributed by atoms with E-state index in [1.807, 2.05) is 23.9 Å². The van der Waals surface area contributed by atoms with Crippen molar-refractivity contribution >= 4 is 34.6 Å². The summed E-state index contributed by atoms with van der Waals surface area (Å²) >= 11 is 1.87. The van der Waals surface area contributed by atoms with Gasteiger partial charge in [0, 0.05) is 57.2 Å². The van der Waals surface area contributed by atoms with Crippen LogP contribution in [0.2, 0.25) is 0 Å². The molecule has 0 unspecified atom stereocenters. The van der Waals surface area contributed by atoms with Crippen LogP contribution in [0.4, 0.5) is 5.69 Å². The van der Waals surface area contributed by atoms with Gasteiger partial charge in [0.15, 0.2) is 5.17 Å². The molecule has 1 fully saturated rings. The third kappa shape index (κ3) is 10.7. The summed E-state index contributed by atoms with van der Waals surface area (Å²) in [5.74, 6) is -0.586. The van der Waals surface area contributed by atoms with Gasteiger partial charge in [-0.3, -0.25) is 0 Å². The van der Waals surface area contributed by atoms with Gasteiger partial charge in [-0.2, -0.15) is 0 Å². The number of likely N-dealkylation sites (tertiary alicyclic amines) is 1. The van der Waals surface area contributed by atoms with Crippen molar-refractivity contribution < 1.29 is 29.3 Å². The van der Waals surface area contributed by atoms with E-state index in [1.54, 1.807) is 7.11 Å². The van der Waals surface area contributed by atoms with Gasteiger partial charge in [0.2, 0.25) is 0 Å². The summed E-state index contributed by atoms with van der Waals surface area (Å²) < 4.78 is 11.1. The summed E-state index contributed by atoms with van der Waals surface area (Å²) in [5.41, 5.74) is 3.77. The number of carbonyl (C=O) groups is 2. The van der Waals surface area contributed by atoms with E-state index in [4.69, 9.17) is 24.7 Å². The maximum absolute atomic E-state index is 9.55. The lowest BCUT2D eigenvalue weighted by Crippen LogP contribution is -2.45. The molecule has 10 heteroatoms. The fraction of sp³-hybridized carbons (Fsp3) is 0.433. The minimum atomic E-state index is -1.26. The lowest BCUT2D eigenvalue weighted by Gasteiger charge is -2.38. The number of aliphatic imine (C=N–C) groups is 1. The summed E-state index contributed by atoms with van der Waals surface area (Å²) in [7, 11) is 3.92. The van der Waals surface area contributed by atoms with Crippen molar-refractivity contribution in [1.82, 2.24) is 9.80 Å². The standard InChI is InChI=1S/C26H35N3O2S.C4H4O4/c1-28(26-27-25-7-4-3-6-22(25)20-32-26)23-12-16-29(17-13-23)15-5-18-31-19-14-21-8-10-24(30-2)11-9-21;5-3(6)1-2-4(7)8/h3-4,6-11,23H,5,12-20H2,1-2H3;1-2H,(H,5,6)(H,7,8)/b;2-1+. The van der Waals surface area contributed by atoms with Crippen molar-refractivity contribution in [2.45, 2.75) is 37.5 Å². The van der Waals surface area contributed by atoms with E-state index in [0.29, 0.717) is 18.2 Å². The molecule has 2 aromatic carbocycles. The second-order valence-electron chi connectivity index (χ2n) is 9.57. The first-order valence-corrected chi connectivity index (χ1v) is 14.4. The molecule has 4 rings (SSSR count). The Hall–Kier alpha value is -3.34. The summed E-state index contributed by atoms with van der Waals surface area (Å²) in [5, 5.41) is 16.8. The summed E-state index contributed by atoms with van der Waals surface area (Å²) in [6.45, 7) is 5.07. The number of hydrogen-bond donors (Lipinski definition) is 2. The average Bonchev–Trinajstić information content (AvgIpc) is 2.98. The highest BCUT2D eigenvalue weighted by Crippen LogP contribution is 2.32. The van der Waals surface area contributed by atoms with Crippen molar-refractivity contribution in [3.63, 3.8) is 0 Å². The number of piperidine rings is 1. The minimum absolute atomic E-state index is 0.558. The number of carboxylic acid groups (broad SMARTS) is 2. The van der Waals surface area contributed by atoms with E-state index >= 15 is 0 Å². The van der Waals surface area contributed by atoms with Gasteiger partial charge < -0.3 is 29.5 Å². The quantitative estimate of drug-likeness (QED) is 0.294. The molecular weight excluding hydrogens is 530 g/mol. The van der Waals surface area contributed by atoms with Crippen molar-refractivity contribution in [3.05, 3.63) is 71.8 Å². The molecule has 0 atom stereocenters. The number of amidine groups is 1. The van der Waals surface area contributed by atoms with Crippen LogP contribution in [0.25, 0.3) is 0 Å². The van der Waals surface area contributed by atoms with Gasteiger partial charge in [0.1, 0.15) is 5.75 Å². The van der Waals surface area contributed by atoms with E-state index in [2.05, 4.69) is 53.2 Å². The van der Waals surface area contributed by atoms with E-state index in [1.165, 1.54) is 29.1 Å². The van der Waals surface area contributed by atoms with Crippen LogP contribution >= 0.6 is 11.8 Å². The zero-order valence-corrected chi connectivity index (χ0v) is 24.0. The first-order valence-electron chi connectivity index (χ1n) is 13.4. The maximum Gasteiger partial charge on any atom is 0.328 e. The highest BCUT2D eigenvalue weighted by molar-refractivity contribution is 8.13. The predicted molar refractivity (Wildman–Crippen MR) is 159 cm³/mol. The van der Waals surface area contributed by atoms with Crippen molar-refractivity contribution in [2.24, 2.45) is 4.99 Å². The number of nitrogens with zero attached hydrogens (tertiary/aromatic N) is 3. The normalized spacial score (nSPS) is 15.5. The minimum Gasteiger partial charge on any atom is -0.497 e. The molecule has 0 aromatic heterocycles. The van der Waals surface area contributed by atoms with Gasteiger partial charge in [0.05, 0.1) is 19.4 Å². The number of para-hydroxylation sites is 1. The summed E-state index contributed by atoms with van der Waals surface area (Å²) in [4.78, 5) is 29.0. The van der Waals surface area contributed by atoms with Crippen LogP contribution in [0, 0.1) is 0 Å². The van der Waals surface area contributed by atoms with E-state index in [0.717, 1.165) is 62.9 Å². The predicted octanol–water partition coefficient (Wildman–Crippen LogP) is 4.69. The number of thioether (sulfide) groups is 1. The third-order valence-corrected chi connectivity index (χ3v) is 7.89. The number of fused-ring (bicyclic) bond motifs is 1. The molecule has 40 heavy (non-hydrogen) atoms. The van der Waals surface area contributed by atoms with Crippen LogP contribution in [0.3, 0.4) is 0 Å². The molecule has 0 aliphatic carbocycles. The van der Waals surface area contributed by atoms with Crippen LogP contribution < -0.4 is 4.74 Å². The molecule has 0 radical (unpaired) electrons. The number of rotatable bonds is 11. The fourth-order valence-electron chi connectivity index (χ4n) is 4.50. The van der Waals surface area contributed by atoms with Crippen LogP contribution in [-0.2, 0) is 26.5 Å². The largest absolute Gasteiger partial charge is 0.497 e. The fourth-order valence-corrected chi connectivity index (χ4v) is 5.55. The van der Waals surface area contributed by atoms with Gasteiger partial charge in [-0.15, -0.1) is 0 Å². The summed E-state index contributed by atoms with van der Waals surface area (Å²) in [6.07, 6.45) is 5.58. The van der Waals surface area contributed by atoms with Crippen LogP contribution in [0.15, 0.2) is 65.7 Å². The van der Waals surface area contributed by atoms with Gasteiger partial charge in [-0.25, -0.2) is 14.6 Å². The monoisotopic (exact) mass is 569 g/mol. The molecule has 2 aromatic rings. The number of aliphatic carboxylic acids is 2. The Morgan fingerprint density at radius 2 is 1.73 bits per heavy atom. The molecule has 0 saturated carbocycles. The summed E-state index contributed by atoms with van der Waals surface area (Å²) in [6, 6.07) is 17.3. The number of ether oxygens (including phenoxy) is 2. The molecule has 2 N–H and O–H groups in total. The first-order chi connectivity index (χ1) is 19.4. The number of carboxylic acids is 2. The molecule has 0 amide bonds. The molecular formula is C30H39N3O6S. The van der Waals surface area contributed by atoms with Gasteiger partial charge in [-0.05, 0) is 55.0 Å². The zero-order chi connectivity index (χ0) is 28.7. The Morgan fingerprint density at radius 1 is 1.05 bits per heavy atom. The Morgan fingerprint density at radius 3 is 2.38 bits per heavy atom. The Bertz CT molecular complexity index is 1130. The molecule has 0 bridgehead atoms. The molecule has 9 nitrogen and oxygen atoms in total. The molecule has 1 saturated heterocycles. The maximum atomic E-state index is 9.55. The second-order valence-corrected chi connectivity index (χ2v) is 10.5. The highest BCUT2D eigenvalue weighted by atomic mass is 32.2. The molecule has 0 spiro atoms. The molecule has 2 aliphatic heterocycles. The molecule has 2 aliphatic rings. The number of hydrogen-bond acceptors (Lipinski definition) is 8. The second kappa shape index (κ2) is 16.7. The first kappa shape index (κ1) is 31.2.